The molecule has 0 aromatic rings. The predicted octanol–water partition coefficient (Wildman–Crippen LogP) is 20.6. The first-order chi connectivity index (χ1) is 36.5. The molecule has 1 atom stereocenters. The molecule has 0 saturated carbocycles. The quantitative estimate of drug-likeness (QED) is 0.0261. The van der Waals surface area contributed by atoms with Gasteiger partial charge in [0.25, 0.3) is 0 Å². The summed E-state index contributed by atoms with van der Waals surface area (Å²) in [5.41, 5.74) is 0. The zero-order chi connectivity index (χ0) is 53.6. The lowest BCUT2D eigenvalue weighted by Gasteiger charge is -2.18. The Morgan fingerprint density at radius 3 is 0.865 bits per heavy atom. The van der Waals surface area contributed by atoms with E-state index in [1.165, 1.54) is 96.3 Å². The minimum Gasteiger partial charge on any atom is -0.462 e. The summed E-state index contributed by atoms with van der Waals surface area (Å²) in [6.07, 6.45) is 86.1. The molecular weight excluding hydrogens is 913 g/mol. The summed E-state index contributed by atoms with van der Waals surface area (Å²) >= 11 is 0. The number of allylic oxidation sites excluding steroid dienone is 22. The molecule has 0 saturated heterocycles. The summed E-state index contributed by atoms with van der Waals surface area (Å²) in [5.74, 6) is -0.970. The number of esters is 3. The zero-order valence-corrected chi connectivity index (χ0v) is 47.8. The highest BCUT2D eigenvalue weighted by Crippen LogP contribution is 2.15. The lowest BCUT2D eigenvalue weighted by Crippen LogP contribution is -2.30. The van der Waals surface area contributed by atoms with Crippen molar-refractivity contribution in [3.8, 4) is 0 Å². The van der Waals surface area contributed by atoms with Gasteiger partial charge in [0, 0.05) is 19.3 Å². The minimum absolute atomic E-state index is 0.103. The van der Waals surface area contributed by atoms with Crippen LogP contribution in [0.4, 0.5) is 0 Å². The van der Waals surface area contributed by atoms with Crippen molar-refractivity contribution < 1.29 is 28.6 Å². The fraction of sp³-hybridized carbons (Fsp3) is 0.632. The molecule has 0 bridgehead atoms. The van der Waals surface area contributed by atoms with E-state index in [2.05, 4.69) is 154 Å². The Hall–Kier alpha value is -4.45. The third-order valence-electron chi connectivity index (χ3n) is 12.4. The molecule has 1 unspecified atom stereocenters. The molecule has 0 radical (unpaired) electrons. The summed E-state index contributed by atoms with van der Waals surface area (Å²) in [7, 11) is 0. The monoisotopic (exact) mass is 1020 g/mol. The standard InChI is InChI=1S/C68H110O6/c1-4-7-10-13-16-19-22-24-26-28-29-30-31-32-33-34-35-36-37-38-39-41-42-44-46-49-52-55-58-61-67(70)73-64-65(63-72-66(69)60-57-54-51-48-21-18-15-12-9-6-3)74-68(71)62-59-56-53-50-47-45-43-40-27-25-23-20-17-14-11-8-5-2/h7-8,10-11,16-17,19-20,24-27,29-30,32-33,35-36,43,45,50,53,65H,4-6,9,12-15,18,21-23,28,31,34,37-42,44,46-49,51-52,54-64H2,1-3H3/b10-7-,11-8-,19-16-,20-17-,26-24-,27-25-,30-29-,33-32-,36-35-,45-43-,53-50-. The first-order valence-corrected chi connectivity index (χ1v) is 30.2. The Kier molecular flexibility index (Phi) is 57.4. The maximum absolute atomic E-state index is 12.8. The molecule has 0 aromatic heterocycles. The molecule has 0 aliphatic rings. The van der Waals surface area contributed by atoms with Gasteiger partial charge in [-0.3, -0.25) is 14.4 Å². The number of rotatable bonds is 53. The molecule has 0 heterocycles. The van der Waals surface area contributed by atoms with Crippen LogP contribution in [0, 0.1) is 0 Å². The second-order valence-corrected chi connectivity index (χ2v) is 19.5. The van der Waals surface area contributed by atoms with Gasteiger partial charge in [-0.2, -0.15) is 0 Å². The second-order valence-electron chi connectivity index (χ2n) is 19.5. The van der Waals surface area contributed by atoms with Crippen LogP contribution in [0.15, 0.2) is 134 Å². The van der Waals surface area contributed by atoms with Crippen LogP contribution in [0.25, 0.3) is 0 Å². The van der Waals surface area contributed by atoms with Gasteiger partial charge in [0.1, 0.15) is 13.2 Å². The second kappa shape index (κ2) is 61.1. The zero-order valence-electron chi connectivity index (χ0n) is 47.8. The van der Waals surface area contributed by atoms with E-state index in [0.717, 1.165) is 116 Å². The van der Waals surface area contributed by atoms with E-state index in [-0.39, 0.29) is 37.5 Å². The average molecular weight is 1020 g/mol. The summed E-state index contributed by atoms with van der Waals surface area (Å²) in [4.78, 5) is 38.1. The van der Waals surface area contributed by atoms with E-state index in [9.17, 15) is 14.4 Å². The molecule has 0 spiro atoms. The Morgan fingerprint density at radius 1 is 0.284 bits per heavy atom. The topological polar surface area (TPSA) is 78.9 Å². The molecule has 0 amide bonds. The number of unbranched alkanes of at least 4 members (excludes halogenated alkanes) is 20. The molecule has 6 nitrogen and oxygen atoms in total. The van der Waals surface area contributed by atoms with Crippen LogP contribution in [0.1, 0.15) is 258 Å². The van der Waals surface area contributed by atoms with Gasteiger partial charge in [-0.15, -0.1) is 0 Å². The maximum Gasteiger partial charge on any atom is 0.306 e. The van der Waals surface area contributed by atoms with Crippen LogP contribution in [-0.4, -0.2) is 37.2 Å². The largest absolute Gasteiger partial charge is 0.462 e. The highest BCUT2D eigenvalue weighted by Gasteiger charge is 2.19. The molecule has 0 aliphatic heterocycles. The molecule has 74 heavy (non-hydrogen) atoms. The molecule has 0 aliphatic carbocycles. The van der Waals surface area contributed by atoms with Crippen LogP contribution in [-0.2, 0) is 28.6 Å². The molecule has 0 aromatic carbocycles. The minimum atomic E-state index is -0.812. The van der Waals surface area contributed by atoms with Crippen molar-refractivity contribution >= 4 is 17.9 Å². The van der Waals surface area contributed by atoms with Crippen molar-refractivity contribution in [3.63, 3.8) is 0 Å². The summed E-state index contributed by atoms with van der Waals surface area (Å²) < 4.78 is 16.8. The van der Waals surface area contributed by atoms with Crippen molar-refractivity contribution in [1.29, 1.82) is 0 Å². The van der Waals surface area contributed by atoms with Crippen LogP contribution < -0.4 is 0 Å². The summed E-state index contributed by atoms with van der Waals surface area (Å²) in [6, 6.07) is 0. The van der Waals surface area contributed by atoms with Crippen LogP contribution in [0.3, 0.4) is 0 Å². The van der Waals surface area contributed by atoms with Crippen LogP contribution in [0.5, 0.6) is 0 Å². The molecular formula is C68H110O6. The lowest BCUT2D eigenvalue weighted by molar-refractivity contribution is -0.167. The molecule has 418 valence electrons. The van der Waals surface area contributed by atoms with Crippen molar-refractivity contribution in [2.45, 2.75) is 264 Å². The van der Waals surface area contributed by atoms with E-state index in [4.69, 9.17) is 14.2 Å². The SMILES string of the molecule is CC/C=C\C/C=C\C/C=C\C/C=C\C/C=C\C/C=C\CCCCCCCCCCCCC(=O)OCC(COC(=O)CCCCCCCCCCCC)OC(=O)CCC/C=C\C/C=C\C/C=C\C/C=C\C/C=C\CC. The first kappa shape index (κ1) is 69.5. The van der Waals surface area contributed by atoms with Gasteiger partial charge in [-0.25, -0.2) is 0 Å². The molecule has 0 N–H and O–H groups in total. The van der Waals surface area contributed by atoms with Gasteiger partial charge >= 0.3 is 17.9 Å². The number of carbonyl (C=O) groups is 3. The third-order valence-corrected chi connectivity index (χ3v) is 12.4. The van der Waals surface area contributed by atoms with E-state index in [0.29, 0.717) is 19.3 Å². The van der Waals surface area contributed by atoms with Crippen LogP contribution in [0.2, 0.25) is 0 Å². The van der Waals surface area contributed by atoms with E-state index < -0.39 is 6.10 Å². The summed E-state index contributed by atoms with van der Waals surface area (Å²) in [6.45, 7) is 6.35. The van der Waals surface area contributed by atoms with Gasteiger partial charge in [-0.05, 0) is 109 Å². The Bertz CT molecular complexity index is 1600. The Balaban J connectivity index is 4.31. The Morgan fingerprint density at radius 2 is 0.541 bits per heavy atom. The number of ether oxygens (including phenoxy) is 3. The van der Waals surface area contributed by atoms with Gasteiger partial charge in [0.15, 0.2) is 6.10 Å². The third kappa shape index (κ3) is 58.4. The van der Waals surface area contributed by atoms with E-state index in [1.54, 1.807) is 0 Å². The number of carbonyl (C=O) groups excluding carboxylic acids is 3. The summed E-state index contributed by atoms with van der Waals surface area (Å²) in [5, 5.41) is 0. The van der Waals surface area contributed by atoms with Gasteiger partial charge < -0.3 is 14.2 Å². The fourth-order valence-electron chi connectivity index (χ4n) is 7.95. The number of hydrogen-bond donors (Lipinski definition) is 0. The smallest absolute Gasteiger partial charge is 0.306 e. The average Bonchev–Trinajstić information content (AvgIpc) is 3.40. The highest BCUT2D eigenvalue weighted by atomic mass is 16.6. The Labute approximate surface area is 455 Å². The van der Waals surface area contributed by atoms with E-state index in [1.807, 2.05) is 0 Å². The van der Waals surface area contributed by atoms with Crippen molar-refractivity contribution in [3.05, 3.63) is 134 Å². The normalized spacial score (nSPS) is 13.1. The molecule has 0 rings (SSSR count). The van der Waals surface area contributed by atoms with Gasteiger partial charge in [-0.1, -0.05) is 264 Å². The fourth-order valence-corrected chi connectivity index (χ4v) is 7.95. The number of hydrogen-bond acceptors (Lipinski definition) is 6. The van der Waals surface area contributed by atoms with Crippen molar-refractivity contribution in [2.75, 3.05) is 13.2 Å². The van der Waals surface area contributed by atoms with Crippen LogP contribution >= 0.6 is 0 Å². The molecule has 6 heteroatoms. The predicted molar refractivity (Wildman–Crippen MR) is 320 cm³/mol. The highest BCUT2D eigenvalue weighted by molar-refractivity contribution is 5.71. The van der Waals surface area contributed by atoms with E-state index >= 15 is 0 Å². The lowest BCUT2D eigenvalue weighted by atomic mass is 10.1. The van der Waals surface area contributed by atoms with Crippen molar-refractivity contribution in [1.82, 2.24) is 0 Å². The van der Waals surface area contributed by atoms with Crippen molar-refractivity contribution in [2.24, 2.45) is 0 Å². The van der Waals surface area contributed by atoms with Gasteiger partial charge in [0.2, 0.25) is 0 Å². The molecule has 0 fully saturated rings. The van der Waals surface area contributed by atoms with Gasteiger partial charge in [0.05, 0.1) is 0 Å². The maximum atomic E-state index is 12.8. The first-order valence-electron chi connectivity index (χ1n) is 30.2.